The predicted octanol–water partition coefficient (Wildman–Crippen LogP) is 4.53. The molecule has 0 fully saturated rings. The van der Waals surface area contributed by atoms with E-state index < -0.39 is 5.56 Å². The molecule has 7 heteroatoms. The fraction of sp³-hybridized carbons (Fsp3) is 0.0741. The summed E-state index contributed by atoms with van der Waals surface area (Å²) in [7, 11) is 0. The van der Waals surface area contributed by atoms with Crippen LogP contribution in [-0.4, -0.2) is 4.98 Å². The molecule has 0 spiro atoms. The molecule has 0 aliphatic carbocycles. The first-order chi connectivity index (χ1) is 16.6. The summed E-state index contributed by atoms with van der Waals surface area (Å²) in [5.74, 6) is 0.792. The second-order valence-electron chi connectivity index (χ2n) is 7.43. The Bertz CT molecular complexity index is 1450. The van der Waals surface area contributed by atoms with E-state index in [0.717, 1.165) is 11.1 Å². The molecule has 0 aliphatic heterocycles. The highest BCUT2D eigenvalue weighted by Crippen LogP contribution is 2.36. The number of nitrogens with zero attached hydrogens (tertiary/aromatic N) is 2. The van der Waals surface area contributed by atoms with Crippen LogP contribution < -0.4 is 20.8 Å². The SMILES string of the molecule is N#Cc1c(N)[nH]c(=O)c(C#N)c1-c1ccc(OCc2ccccc2)c(OCc2ccccc2)c1. The van der Waals surface area contributed by atoms with Gasteiger partial charge in [-0.1, -0.05) is 66.7 Å². The summed E-state index contributed by atoms with van der Waals surface area (Å²) < 4.78 is 12.1. The van der Waals surface area contributed by atoms with Crippen molar-refractivity contribution >= 4 is 5.82 Å². The van der Waals surface area contributed by atoms with E-state index in [0.29, 0.717) is 23.7 Å². The average Bonchev–Trinajstić information content (AvgIpc) is 2.87. The molecule has 0 unspecified atom stereocenters. The molecule has 3 N–H and O–H groups in total. The standard InChI is InChI=1S/C27H20N4O3/c28-14-21-25(22(15-29)27(32)31-26(21)30)20-11-12-23(33-16-18-7-3-1-4-8-18)24(13-20)34-17-19-9-5-2-6-10-19/h1-13H,16-17H2,(H3,30,31,32). The summed E-state index contributed by atoms with van der Waals surface area (Å²) in [5.41, 5.74) is 7.57. The van der Waals surface area contributed by atoms with Crippen LogP contribution >= 0.6 is 0 Å². The van der Waals surface area contributed by atoms with Gasteiger partial charge in [0.25, 0.3) is 5.56 Å². The molecule has 0 saturated heterocycles. The Hall–Kier alpha value is -5.01. The number of hydrogen-bond acceptors (Lipinski definition) is 6. The summed E-state index contributed by atoms with van der Waals surface area (Å²) in [6.07, 6.45) is 0. The van der Waals surface area contributed by atoms with Crippen molar-refractivity contribution in [3.05, 3.63) is 111 Å². The van der Waals surface area contributed by atoms with Gasteiger partial charge in [-0.05, 0) is 28.8 Å². The van der Waals surface area contributed by atoms with Gasteiger partial charge >= 0.3 is 0 Å². The van der Waals surface area contributed by atoms with Crippen LogP contribution in [-0.2, 0) is 13.2 Å². The highest BCUT2D eigenvalue weighted by atomic mass is 16.5. The molecule has 4 rings (SSSR count). The zero-order valence-electron chi connectivity index (χ0n) is 18.1. The predicted molar refractivity (Wildman–Crippen MR) is 128 cm³/mol. The number of nitriles is 2. The van der Waals surface area contributed by atoms with Crippen LogP contribution in [0.4, 0.5) is 5.82 Å². The average molecular weight is 448 g/mol. The van der Waals surface area contributed by atoms with Gasteiger partial charge in [-0.2, -0.15) is 10.5 Å². The Morgan fingerprint density at radius 3 is 1.88 bits per heavy atom. The topological polar surface area (TPSA) is 125 Å². The second-order valence-corrected chi connectivity index (χ2v) is 7.43. The van der Waals surface area contributed by atoms with Crippen LogP contribution in [0, 0.1) is 22.7 Å². The van der Waals surface area contributed by atoms with Crippen LogP contribution in [0.2, 0.25) is 0 Å². The van der Waals surface area contributed by atoms with Gasteiger partial charge in [0.1, 0.15) is 42.3 Å². The Balaban J connectivity index is 1.76. The number of ether oxygens (including phenoxy) is 2. The number of nitrogens with two attached hydrogens (primary N) is 1. The number of hydrogen-bond donors (Lipinski definition) is 2. The lowest BCUT2D eigenvalue weighted by Gasteiger charge is -2.16. The van der Waals surface area contributed by atoms with Gasteiger partial charge in [-0.3, -0.25) is 4.79 Å². The van der Waals surface area contributed by atoms with E-state index >= 15 is 0 Å². The van der Waals surface area contributed by atoms with Crippen molar-refractivity contribution < 1.29 is 9.47 Å². The van der Waals surface area contributed by atoms with Crippen LogP contribution in [0.1, 0.15) is 22.3 Å². The minimum Gasteiger partial charge on any atom is -0.485 e. The molecule has 166 valence electrons. The number of nitrogen functional groups attached to an aromatic ring is 1. The lowest BCUT2D eigenvalue weighted by Crippen LogP contribution is -2.16. The van der Waals surface area contributed by atoms with Crippen molar-refractivity contribution in [1.82, 2.24) is 4.98 Å². The molecule has 3 aromatic carbocycles. The first-order valence-corrected chi connectivity index (χ1v) is 10.4. The summed E-state index contributed by atoms with van der Waals surface area (Å²) in [6.45, 7) is 0.604. The van der Waals surface area contributed by atoms with Crippen LogP contribution in [0.3, 0.4) is 0 Å². The van der Waals surface area contributed by atoms with E-state index in [-0.39, 0.29) is 29.1 Å². The number of aromatic nitrogens is 1. The largest absolute Gasteiger partial charge is 0.485 e. The fourth-order valence-electron chi connectivity index (χ4n) is 3.50. The zero-order chi connectivity index (χ0) is 23.9. The number of aromatic amines is 1. The number of H-pyrrole nitrogens is 1. The molecule has 7 nitrogen and oxygen atoms in total. The molecule has 1 heterocycles. The monoisotopic (exact) mass is 448 g/mol. The Morgan fingerprint density at radius 2 is 1.32 bits per heavy atom. The molecule has 1 aromatic heterocycles. The maximum atomic E-state index is 12.3. The number of benzene rings is 3. The third kappa shape index (κ3) is 4.74. The number of pyridine rings is 1. The van der Waals surface area contributed by atoms with E-state index in [4.69, 9.17) is 15.2 Å². The minimum absolute atomic E-state index is 0.0168. The quantitative estimate of drug-likeness (QED) is 0.428. The maximum absolute atomic E-state index is 12.3. The van der Waals surface area contributed by atoms with Gasteiger partial charge in [-0.25, -0.2) is 0 Å². The lowest BCUT2D eigenvalue weighted by atomic mass is 9.96. The highest BCUT2D eigenvalue weighted by Gasteiger charge is 2.20. The first kappa shape index (κ1) is 22.2. The van der Waals surface area contributed by atoms with Crippen molar-refractivity contribution in [2.24, 2.45) is 0 Å². The van der Waals surface area contributed by atoms with E-state index in [1.54, 1.807) is 18.2 Å². The van der Waals surface area contributed by atoms with Crippen LogP contribution in [0.25, 0.3) is 11.1 Å². The van der Waals surface area contributed by atoms with Crippen molar-refractivity contribution in [1.29, 1.82) is 10.5 Å². The molecule has 0 amide bonds. The van der Waals surface area contributed by atoms with Gasteiger partial charge < -0.3 is 20.2 Å². The normalized spacial score (nSPS) is 10.2. The second kappa shape index (κ2) is 10.1. The molecular formula is C27H20N4O3. The molecule has 0 aliphatic rings. The molecule has 0 atom stereocenters. The Morgan fingerprint density at radius 1 is 0.765 bits per heavy atom. The Labute approximate surface area is 196 Å². The zero-order valence-corrected chi connectivity index (χ0v) is 18.1. The molecule has 0 saturated carbocycles. The third-order valence-corrected chi connectivity index (χ3v) is 5.17. The summed E-state index contributed by atoms with van der Waals surface area (Å²) in [5, 5.41) is 19.2. The van der Waals surface area contributed by atoms with Gasteiger partial charge in [0.05, 0.1) is 0 Å². The van der Waals surface area contributed by atoms with E-state index in [9.17, 15) is 15.3 Å². The van der Waals surface area contributed by atoms with Crippen LogP contribution in [0.15, 0.2) is 83.7 Å². The molecule has 34 heavy (non-hydrogen) atoms. The molecular weight excluding hydrogens is 428 g/mol. The summed E-state index contributed by atoms with van der Waals surface area (Å²) in [4.78, 5) is 14.7. The van der Waals surface area contributed by atoms with Gasteiger partial charge in [0, 0.05) is 5.56 Å². The van der Waals surface area contributed by atoms with E-state index in [1.807, 2.05) is 72.8 Å². The van der Waals surface area contributed by atoms with Crippen molar-refractivity contribution in [3.63, 3.8) is 0 Å². The van der Waals surface area contributed by atoms with Gasteiger partial charge in [0.15, 0.2) is 11.5 Å². The van der Waals surface area contributed by atoms with Crippen LogP contribution in [0.5, 0.6) is 11.5 Å². The molecule has 0 radical (unpaired) electrons. The summed E-state index contributed by atoms with van der Waals surface area (Å²) >= 11 is 0. The van der Waals surface area contributed by atoms with Gasteiger partial charge in [0.2, 0.25) is 0 Å². The number of rotatable bonds is 7. The van der Waals surface area contributed by atoms with E-state index in [1.165, 1.54) is 0 Å². The van der Waals surface area contributed by atoms with E-state index in [2.05, 4.69) is 4.98 Å². The fourth-order valence-corrected chi connectivity index (χ4v) is 3.50. The highest BCUT2D eigenvalue weighted by molar-refractivity contribution is 5.81. The third-order valence-electron chi connectivity index (χ3n) is 5.17. The number of nitrogens with one attached hydrogen (secondary N) is 1. The van der Waals surface area contributed by atoms with Gasteiger partial charge in [-0.15, -0.1) is 0 Å². The Kier molecular flexibility index (Phi) is 6.58. The molecule has 4 aromatic rings. The van der Waals surface area contributed by atoms with Crippen molar-refractivity contribution in [2.45, 2.75) is 13.2 Å². The first-order valence-electron chi connectivity index (χ1n) is 10.4. The van der Waals surface area contributed by atoms with Crippen molar-refractivity contribution in [3.8, 4) is 34.8 Å². The minimum atomic E-state index is -0.662. The van der Waals surface area contributed by atoms with Crippen molar-refractivity contribution in [2.75, 3.05) is 5.73 Å². The lowest BCUT2D eigenvalue weighted by molar-refractivity contribution is 0.256. The number of anilines is 1. The smallest absolute Gasteiger partial charge is 0.268 e. The molecule has 0 bridgehead atoms. The summed E-state index contributed by atoms with van der Waals surface area (Å²) in [6, 6.07) is 28.2. The maximum Gasteiger partial charge on any atom is 0.268 e.